The van der Waals surface area contributed by atoms with Gasteiger partial charge in [-0.3, -0.25) is 0 Å². The van der Waals surface area contributed by atoms with E-state index in [2.05, 4.69) is 4.98 Å². The number of aromatic nitrogens is 1. The highest BCUT2D eigenvalue weighted by Crippen LogP contribution is 2.26. The first-order valence-electron chi connectivity index (χ1n) is 6.04. The van der Waals surface area contributed by atoms with Gasteiger partial charge in [0.15, 0.2) is 0 Å². The summed E-state index contributed by atoms with van der Waals surface area (Å²) in [6.45, 7) is 0.546. The summed E-state index contributed by atoms with van der Waals surface area (Å²) < 4.78 is 5.77. The van der Waals surface area contributed by atoms with E-state index in [4.69, 9.17) is 16.3 Å². The quantitative estimate of drug-likeness (QED) is 0.655. The van der Waals surface area contributed by atoms with Crippen LogP contribution in [0.3, 0.4) is 0 Å². The lowest BCUT2D eigenvalue weighted by atomic mass is 10.2. The van der Waals surface area contributed by atoms with E-state index in [0.717, 1.165) is 22.1 Å². The standard InChI is InChI=1S/C16H12ClNO/c17-16-15-10-14(7-6-13(15)8-9-18-16)19-11-12-4-2-1-3-5-12/h1-10H,11H2. The number of rotatable bonds is 3. The molecule has 0 aliphatic carbocycles. The monoisotopic (exact) mass is 269 g/mol. The Labute approximate surface area is 116 Å². The molecule has 0 amide bonds. The van der Waals surface area contributed by atoms with Gasteiger partial charge < -0.3 is 4.74 Å². The molecule has 1 aromatic heterocycles. The Balaban J connectivity index is 1.84. The molecule has 0 radical (unpaired) electrons. The predicted octanol–water partition coefficient (Wildman–Crippen LogP) is 4.47. The van der Waals surface area contributed by atoms with Gasteiger partial charge in [-0.2, -0.15) is 0 Å². The van der Waals surface area contributed by atoms with Crippen LogP contribution in [0.2, 0.25) is 5.15 Å². The van der Waals surface area contributed by atoms with E-state index >= 15 is 0 Å². The van der Waals surface area contributed by atoms with Gasteiger partial charge in [-0.05, 0) is 29.1 Å². The molecule has 0 fully saturated rings. The van der Waals surface area contributed by atoms with Gasteiger partial charge in [-0.25, -0.2) is 4.98 Å². The van der Waals surface area contributed by atoms with Crippen LogP contribution in [0, 0.1) is 0 Å². The van der Waals surface area contributed by atoms with Crippen molar-refractivity contribution in [2.75, 3.05) is 0 Å². The van der Waals surface area contributed by atoms with Crippen LogP contribution in [0.15, 0.2) is 60.8 Å². The Bertz CT molecular complexity index is 697. The van der Waals surface area contributed by atoms with Gasteiger partial charge in [-0.1, -0.05) is 48.0 Å². The fourth-order valence-electron chi connectivity index (χ4n) is 1.94. The minimum Gasteiger partial charge on any atom is -0.489 e. The van der Waals surface area contributed by atoms with E-state index in [1.807, 2.05) is 54.6 Å². The van der Waals surface area contributed by atoms with Crippen molar-refractivity contribution in [3.8, 4) is 5.75 Å². The van der Waals surface area contributed by atoms with E-state index in [1.165, 1.54) is 0 Å². The fraction of sp³-hybridized carbons (Fsp3) is 0.0625. The normalized spacial score (nSPS) is 10.6. The molecule has 94 valence electrons. The molecule has 0 bridgehead atoms. The highest BCUT2D eigenvalue weighted by atomic mass is 35.5. The number of benzene rings is 2. The third-order valence-electron chi connectivity index (χ3n) is 2.94. The molecule has 0 spiro atoms. The molecule has 0 N–H and O–H groups in total. The summed E-state index contributed by atoms with van der Waals surface area (Å²) in [5.41, 5.74) is 1.14. The second-order valence-electron chi connectivity index (χ2n) is 4.26. The smallest absolute Gasteiger partial charge is 0.136 e. The van der Waals surface area contributed by atoms with E-state index in [9.17, 15) is 0 Å². The highest BCUT2D eigenvalue weighted by Gasteiger charge is 2.02. The number of halogens is 1. The van der Waals surface area contributed by atoms with Crippen LogP contribution in [0.4, 0.5) is 0 Å². The lowest BCUT2D eigenvalue weighted by molar-refractivity contribution is 0.306. The Hall–Kier alpha value is -2.06. The third kappa shape index (κ3) is 2.69. The Morgan fingerprint density at radius 2 is 1.84 bits per heavy atom. The summed E-state index contributed by atoms with van der Waals surface area (Å²) in [6, 6.07) is 17.9. The summed E-state index contributed by atoms with van der Waals surface area (Å²) in [6.07, 6.45) is 1.70. The molecule has 19 heavy (non-hydrogen) atoms. The van der Waals surface area contributed by atoms with Crippen LogP contribution in [-0.2, 0) is 6.61 Å². The topological polar surface area (TPSA) is 22.1 Å². The molecule has 0 aliphatic heterocycles. The largest absolute Gasteiger partial charge is 0.489 e. The van der Waals surface area contributed by atoms with Crippen molar-refractivity contribution in [3.63, 3.8) is 0 Å². The molecule has 0 saturated carbocycles. The molecular formula is C16H12ClNO. The average molecular weight is 270 g/mol. The van der Waals surface area contributed by atoms with Gasteiger partial charge in [0.25, 0.3) is 0 Å². The first-order chi connectivity index (χ1) is 9.33. The number of fused-ring (bicyclic) bond motifs is 1. The van der Waals surface area contributed by atoms with Crippen LogP contribution in [0.1, 0.15) is 5.56 Å². The first kappa shape index (κ1) is 12.0. The summed E-state index contributed by atoms with van der Waals surface area (Å²) in [4.78, 5) is 4.08. The number of hydrogen-bond donors (Lipinski definition) is 0. The van der Waals surface area contributed by atoms with Crippen molar-refractivity contribution in [2.45, 2.75) is 6.61 Å². The van der Waals surface area contributed by atoms with Gasteiger partial charge >= 0.3 is 0 Å². The number of hydrogen-bond acceptors (Lipinski definition) is 2. The van der Waals surface area contributed by atoms with Gasteiger partial charge in [-0.15, -0.1) is 0 Å². The van der Waals surface area contributed by atoms with Crippen LogP contribution < -0.4 is 4.74 Å². The Morgan fingerprint density at radius 1 is 1.00 bits per heavy atom. The molecule has 0 unspecified atom stereocenters. The molecule has 3 heteroatoms. The zero-order chi connectivity index (χ0) is 13.1. The van der Waals surface area contributed by atoms with Gasteiger partial charge in [0, 0.05) is 11.6 Å². The molecule has 1 heterocycles. The maximum Gasteiger partial charge on any atom is 0.136 e. The van der Waals surface area contributed by atoms with Crippen LogP contribution in [0.25, 0.3) is 10.8 Å². The average Bonchev–Trinajstić information content (AvgIpc) is 2.47. The van der Waals surface area contributed by atoms with Crippen LogP contribution in [0.5, 0.6) is 5.75 Å². The van der Waals surface area contributed by atoms with Gasteiger partial charge in [0.1, 0.15) is 17.5 Å². The maximum absolute atomic E-state index is 6.08. The minimum absolute atomic E-state index is 0.502. The molecule has 0 aliphatic rings. The molecule has 2 aromatic carbocycles. The first-order valence-corrected chi connectivity index (χ1v) is 6.42. The zero-order valence-corrected chi connectivity index (χ0v) is 11.0. The van der Waals surface area contributed by atoms with Gasteiger partial charge in [0.05, 0.1) is 0 Å². The summed E-state index contributed by atoms with van der Waals surface area (Å²) in [7, 11) is 0. The van der Waals surface area contributed by atoms with E-state index in [-0.39, 0.29) is 0 Å². The Kier molecular flexibility index (Phi) is 3.34. The van der Waals surface area contributed by atoms with E-state index < -0.39 is 0 Å². The van der Waals surface area contributed by atoms with Crippen molar-refractivity contribution >= 4 is 22.4 Å². The molecule has 0 atom stereocenters. The maximum atomic E-state index is 6.08. The summed E-state index contributed by atoms with van der Waals surface area (Å²) in [5.74, 6) is 0.797. The second-order valence-corrected chi connectivity index (χ2v) is 4.62. The molecule has 3 rings (SSSR count). The van der Waals surface area contributed by atoms with Crippen molar-refractivity contribution in [1.29, 1.82) is 0 Å². The van der Waals surface area contributed by atoms with Crippen molar-refractivity contribution in [2.24, 2.45) is 0 Å². The lowest BCUT2D eigenvalue weighted by Crippen LogP contribution is -1.94. The Morgan fingerprint density at radius 3 is 2.68 bits per heavy atom. The summed E-state index contributed by atoms with van der Waals surface area (Å²) in [5, 5.41) is 2.48. The lowest BCUT2D eigenvalue weighted by Gasteiger charge is -2.07. The molecular weight excluding hydrogens is 258 g/mol. The number of nitrogens with zero attached hydrogens (tertiary/aromatic N) is 1. The van der Waals surface area contributed by atoms with Gasteiger partial charge in [0.2, 0.25) is 0 Å². The minimum atomic E-state index is 0.502. The molecule has 0 saturated heterocycles. The molecule has 3 aromatic rings. The van der Waals surface area contributed by atoms with E-state index in [0.29, 0.717) is 11.8 Å². The number of ether oxygens (including phenoxy) is 1. The van der Waals surface area contributed by atoms with Crippen molar-refractivity contribution < 1.29 is 4.74 Å². The zero-order valence-electron chi connectivity index (χ0n) is 10.2. The SMILES string of the molecule is Clc1nccc2ccc(OCc3ccccc3)cc12. The second kappa shape index (κ2) is 5.29. The van der Waals surface area contributed by atoms with Crippen molar-refractivity contribution in [3.05, 3.63) is 71.5 Å². The van der Waals surface area contributed by atoms with Crippen LogP contribution >= 0.6 is 11.6 Å². The summed E-state index contributed by atoms with van der Waals surface area (Å²) >= 11 is 6.08. The fourth-order valence-corrected chi connectivity index (χ4v) is 2.16. The van der Waals surface area contributed by atoms with Crippen molar-refractivity contribution in [1.82, 2.24) is 4.98 Å². The molecule has 2 nitrogen and oxygen atoms in total. The number of pyridine rings is 1. The van der Waals surface area contributed by atoms with E-state index in [1.54, 1.807) is 6.20 Å². The highest BCUT2D eigenvalue weighted by molar-refractivity contribution is 6.34. The van der Waals surface area contributed by atoms with Crippen LogP contribution in [-0.4, -0.2) is 4.98 Å². The predicted molar refractivity (Wildman–Crippen MR) is 77.5 cm³/mol. The third-order valence-corrected chi connectivity index (χ3v) is 3.24.